The van der Waals surface area contributed by atoms with E-state index in [1.54, 1.807) is 6.20 Å². The van der Waals surface area contributed by atoms with E-state index in [1.165, 1.54) is 5.56 Å². The summed E-state index contributed by atoms with van der Waals surface area (Å²) in [6, 6.07) is 14.3. The molecule has 2 rings (SSSR count). The number of nitrogens with zero attached hydrogens (tertiary/aromatic N) is 1. The lowest BCUT2D eigenvalue weighted by Crippen LogP contribution is -2.11. The number of ether oxygens (including phenoxy) is 1. The summed E-state index contributed by atoms with van der Waals surface area (Å²) in [4.78, 5) is 4.23. The molecule has 1 aromatic carbocycles. The average Bonchev–Trinajstić information content (AvgIpc) is 2.46. The van der Waals surface area contributed by atoms with Crippen LogP contribution in [0, 0.1) is 0 Å². The van der Waals surface area contributed by atoms with Crippen LogP contribution in [0.15, 0.2) is 53.1 Å². The number of nitrogens with one attached hydrogen (secondary N) is 1. The van der Waals surface area contributed by atoms with Gasteiger partial charge in [0.1, 0.15) is 5.82 Å². The van der Waals surface area contributed by atoms with Crippen molar-refractivity contribution in [3.05, 3.63) is 58.7 Å². The maximum atomic E-state index is 5.58. The SMILES string of the molecule is Brc1ccc(NCCOCCc2ccccc2)nc1. The van der Waals surface area contributed by atoms with E-state index in [1.807, 2.05) is 18.2 Å². The molecular weight excluding hydrogens is 304 g/mol. The first kappa shape index (κ1) is 14.0. The third-order valence-electron chi connectivity index (χ3n) is 2.66. The van der Waals surface area contributed by atoms with Crippen LogP contribution in [0.1, 0.15) is 5.56 Å². The normalized spacial score (nSPS) is 10.4. The largest absolute Gasteiger partial charge is 0.379 e. The summed E-state index contributed by atoms with van der Waals surface area (Å²) in [6.07, 6.45) is 2.73. The van der Waals surface area contributed by atoms with Crippen LogP contribution in [0.3, 0.4) is 0 Å². The summed E-state index contributed by atoms with van der Waals surface area (Å²) in [5, 5.41) is 3.21. The van der Waals surface area contributed by atoms with Gasteiger partial charge < -0.3 is 10.1 Å². The summed E-state index contributed by atoms with van der Waals surface area (Å²) >= 11 is 3.36. The lowest BCUT2D eigenvalue weighted by Gasteiger charge is -2.07. The predicted molar refractivity (Wildman–Crippen MR) is 81.4 cm³/mol. The predicted octanol–water partition coefficient (Wildman–Crippen LogP) is 3.52. The van der Waals surface area contributed by atoms with Crippen LogP contribution in [0.5, 0.6) is 0 Å². The van der Waals surface area contributed by atoms with Crippen molar-refractivity contribution in [3.63, 3.8) is 0 Å². The summed E-state index contributed by atoms with van der Waals surface area (Å²) in [6.45, 7) is 2.20. The van der Waals surface area contributed by atoms with E-state index >= 15 is 0 Å². The summed E-state index contributed by atoms with van der Waals surface area (Å²) in [5.74, 6) is 0.870. The van der Waals surface area contributed by atoms with E-state index in [0.29, 0.717) is 6.61 Å². The molecule has 100 valence electrons. The van der Waals surface area contributed by atoms with Gasteiger partial charge in [0.2, 0.25) is 0 Å². The van der Waals surface area contributed by atoms with Crippen LogP contribution in [0.4, 0.5) is 5.82 Å². The first-order valence-corrected chi connectivity index (χ1v) is 7.11. The van der Waals surface area contributed by atoms with Crippen molar-refractivity contribution < 1.29 is 4.74 Å². The molecule has 0 saturated heterocycles. The Morgan fingerprint density at radius 2 is 1.89 bits per heavy atom. The molecule has 19 heavy (non-hydrogen) atoms. The van der Waals surface area contributed by atoms with Gasteiger partial charge in [-0.3, -0.25) is 0 Å². The fraction of sp³-hybridized carbons (Fsp3) is 0.267. The van der Waals surface area contributed by atoms with E-state index < -0.39 is 0 Å². The van der Waals surface area contributed by atoms with Crippen LogP contribution in [0.2, 0.25) is 0 Å². The Hall–Kier alpha value is -1.39. The van der Waals surface area contributed by atoms with Gasteiger partial charge in [-0.15, -0.1) is 0 Å². The topological polar surface area (TPSA) is 34.1 Å². The smallest absolute Gasteiger partial charge is 0.126 e. The maximum absolute atomic E-state index is 5.58. The van der Waals surface area contributed by atoms with Gasteiger partial charge in [-0.1, -0.05) is 30.3 Å². The number of anilines is 1. The number of pyridine rings is 1. The molecule has 0 aliphatic carbocycles. The first-order valence-electron chi connectivity index (χ1n) is 6.32. The first-order chi connectivity index (χ1) is 9.34. The van der Waals surface area contributed by atoms with Gasteiger partial charge in [0.25, 0.3) is 0 Å². The van der Waals surface area contributed by atoms with Crippen LogP contribution in [-0.2, 0) is 11.2 Å². The zero-order chi connectivity index (χ0) is 13.3. The second kappa shape index (κ2) is 7.92. The highest BCUT2D eigenvalue weighted by molar-refractivity contribution is 9.10. The van der Waals surface area contributed by atoms with Gasteiger partial charge in [0.05, 0.1) is 13.2 Å². The van der Waals surface area contributed by atoms with Crippen molar-refractivity contribution >= 4 is 21.7 Å². The van der Waals surface area contributed by atoms with Crippen molar-refractivity contribution in [2.24, 2.45) is 0 Å². The van der Waals surface area contributed by atoms with Crippen molar-refractivity contribution in [2.45, 2.75) is 6.42 Å². The molecule has 1 N–H and O–H groups in total. The fourth-order valence-corrected chi connectivity index (χ4v) is 1.90. The number of benzene rings is 1. The molecule has 1 aromatic heterocycles. The van der Waals surface area contributed by atoms with Crippen molar-refractivity contribution in [1.29, 1.82) is 0 Å². The minimum absolute atomic E-state index is 0.685. The molecule has 0 aliphatic rings. The Labute approximate surface area is 122 Å². The molecule has 0 unspecified atom stereocenters. The molecule has 0 aliphatic heterocycles. The number of hydrogen-bond acceptors (Lipinski definition) is 3. The van der Waals surface area contributed by atoms with Crippen LogP contribution in [-0.4, -0.2) is 24.7 Å². The minimum atomic E-state index is 0.685. The van der Waals surface area contributed by atoms with Crippen molar-refractivity contribution in [3.8, 4) is 0 Å². The number of rotatable bonds is 7. The van der Waals surface area contributed by atoms with Gasteiger partial charge in [-0.25, -0.2) is 4.98 Å². The molecule has 0 saturated carbocycles. The van der Waals surface area contributed by atoms with Gasteiger partial charge in [-0.05, 0) is 40.0 Å². The molecule has 0 amide bonds. The lowest BCUT2D eigenvalue weighted by molar-refractivity contribution is 0.147. The van der Waals surface area contributed by atoms with E-state index in [-0.39, 0.29) is 0 Å². The third-order valence-corrected chi connectivity index (χ3v) is 3.13. The van der Waals surface area contributed by atoms with Crippen molar-refractivity contribution in [2.75, 3.05) is 25.1 Å². The molecule has 0 bridgehead atoms. The molecule has 0 fully saturated rings. The van der Waals surface area contributed by atoms with E-state index in [9.17, 15) is 0 Å². The second-order valence-electron chi connectivity index (χ2n) is 4.14. The molecule has 0 spiro atoms. The van der Waals surface area contributed by atoms with Crippen LogP contribution >= 0.6 is 15.9 Å². The Kier molecular flexibility index (Phi) is 5.85. The lowest BCUT2D eigenvalue weighted by atomic mass is 10.2. The third kappa shape index (κ3) is 5.41. The Bertz CT molecular complexity index is 473. The number of halogens is 1. The summed E-state index contributed by atoms with van der Waals surface area (Å²) in [5.41, 5.74) is 1.31. The van der Waals surface area contributed by atoms with Gasteiger partial charge in [0.15, 0.2) is 0 Å². The van der Waals surface area contributed by atoms with E-state index in [2.05, 4.69) is 50.5 Å². The summed E-state index contributed by atoms with van der Waals surface area (Å²) < 4.78 is 6.57. The highest BCUT2D eigenvalue weighted by Crippen LogP contribution is 2.09. The van der Waals surface area contributed by atoms with Crippen molar-refractivity contribution in [1.82, 2.24) is 4.98 Å². The number of aromatic nitrogens is 1. The molecular formula is C15H17BrN2O. The Morgan fingerprint density at radius 3 is 2.63 bits per heavy atom. The van der Waals surface area contributed by atoms with Gasteiger partial charge in [-0.2, -0.15) is 0 Å². The highest BCUT2D eigenvalue weighted by atomic mass is 79.9. The molecule has 4 heteroatoms. The van der Waals surface area contributed by atoms with Gasteiger partial charge >= 0.3 is 0 Å². The molecule has 1 heterocycles. The molecule has 2 aromatic rings. The standard InChI is InChI=1S/C15H17BrN2O/c16-14-6-7-15(18-12-14)17-9-11-19-10-8-13-4-2-1-3-5-13/h1-7,12H,8-11H2,(H,17,18). The van der Waals surface area contributed by atoms with E-state index in [0.717, 1.165) is 29.9 Å². The zero-order valence-electron chi connectivity index (χ0n) is 10.7. The Balaban J connectivity index is 1.56. The maximum Gasteiger partial charge on any atom is 0.126 e. The molecule has 0 radical (unpaired) electrons. The van der Waals surface area contributed by atoms with Crippen LogP contribution < -0.4 is 5.32 Å². The Morgan fingerprint density at radius 1 is 1.05 bits per heavy atom. The highest BCUT2D eigenvalue weighted by Gasteiger charge is 1.94. The quantitative estimate of drug-likeness (QED) is 0.793. The fourth-order valence-electron chi connectivity index (χ4n) is 1.67. The summed E-state index contributed by atoms with van der Waals surface area (Å²) in [7, 11) is 0. The van der Waals surface area contributed by atoms with Gasteiger partial charge in [0, 0.05) is 17.2 Å². The number of hydrogen-bond donors (Lipinski definition) is 1. The molecule has 3 nitrogen and oxygen atoms in total. The average molecular weight is 321 g/mol. The minimum Gasteiger partial charge on any atom is -0.379 e. The van der Waals surface area contributed by atoms with E-state index in [4.69, 9.17) is 4.74 Å². The monoisotopic (exact) mass is 320 g/mol. The second-order valence-corrected chi connectivity index (χ2v) is 5.05. The van der Waals surface area contributed by atoms with Crippen LogP contribution in [0.25, 0.3) is 0 Å². The molecule has 0 atom stereocenters. The zero-order valence-corrected chi connectivity index (χ0v) is 12.3.